The lowest BCUT2D eigenvalue weighted by atomic mass is 10.2. The molecule has 0 saturated carbocycles. The number of hydrogen-bond acceptors (Lipinski definition) is 3. The maximum atomic E-state index is 13.2. The normalized spacial score (nSPS) is 10.3. The molecule has 4 nitrogen and oxygen atoms in total. The SMILES string of the molecule is CCOc1ccc(OCCCC(=O)Nc2cc(F)ccc2C)cc1. The number of carbonyl (C=O) groups excluding carboxylic acids is 1. The largest absolute Gasteiger partial charge is 0.494 e. The lowest BCUT2D eigenvalue weighted by Crippen LogP contribution is -2.13. The Hall–Kier alpha value is -2.56. The van der Waals surface area contributed by atoms with Crippen LogP contribution < -0.4 is 14.8 Å². The lowest BCUT2D eigenvalue weighted by molar-refractivity contribution is -0.116. The maximum absolute atomic E-state index is 13.2. The van der Waals surface area contributed by atoms with Crippen molar-refractivity contribution in [2.45, 2.75) is 26.7 Å². The van der Waals surface area contributed by atoms with Crippen molar-refractivity contribution in [1.82, 2.24) is 0 Å². The summed E-state index contributed by atoms with van der Waals surface area (Å²) in [7, 11) is 0. The Morgan fingerprint density at radius 3 is 2.42 bits per heavy atom. The zero-order chi connectivity index (χ0) is 17.4. The van der Waals surface area contributed by atoms with Crippen molar-refractivity contribution in [3.8, 4) is 11.5 Å². The number of halogens is 1. The molecular formula is C19H22FNO3. The van der Waals surface area contributed by atoms with Crippen molar-refractivity contribution in [3.05, 3.63) is 53.8 Å². The first-order valence-corrected chi connectivity index (χ1v) is 8.00. The second-order valence-electron chi connectivity index (χ2n) is 5.36. The molecule has 2 aromatic rings. The highest BCUT2D eigenvalue weighted by Gasteiger charge is 2.06. The molecule has 1 N–H and O–H groups in total. The summed E-state index contributed by atoms with van der Waals surface area (Å²) in [6.45, 7) is 4.81. The highest BCUT2D eigenvalue weighted by molar-refractivity contribution is 5.91. The molecule has 5 heteroatoms. The Morgan fingerprint density at radius 2 is 1.75 bits per heavy atom. The van der Waals surface area contributed by atoms with Gasteiger partial charge in [-0.2, -0.15) is 0 Å². The second kappa shape index (κ2) is 8.91. The highest BCUT2D eigenvalue weighted by Crippen LogP contribution is 2.18. The van der Waals surface area contributed by atoms with Gasteiger partial charge in [0.05, 0.1) is 13.2 Å². The second-order valence-corrected chi connectivity index (χ2v) is 5.36. The predicted molar refractivity (Wildman–Crippen MR) is 92.1 cm³/mol. The molecule has 0 aliphatic heterocycles. The number of ether oxygens (including phenoxy) is 2. The summed E-state index contributed by atoms with van der Waals surface area (Å²) < 4.78 is 24.1. The van der Waals surface area contributed by atoms with Crippen LogP contribution in [0.2, 0.25) is 0 Å². The van der Waals surface area contributed by atoms with Crippen molar-refractivity contribution < 1.29 is 18.7 Å². The Kier molecular flexibility index (Phi) is 6.61. The van der Waals surface area contributed by atoms with Crippen molar-refractivity contribution in [2.24, 2.45) is 0 Å². The molecule has 0 spiro atoms. The molecule has 0 atom stereocenters. The fourth-order valence-corrected chi connectivity index (χ4v) is 2.16. The van der Waals surface area contributed by atoms with Crippen LogP contribution in [-0.4, -0.2) is 19.1 Å². The first-order chi connectivity index (χ1) is 11.6. The molecule has 24 heavy (non-hydrogen) atoms. The number of rotatable bonds is 8. The number of aryl methyl sites for hydroxylation is 1. The van der Waals surface area contributed by atoms with Gasteiger partial charge in [0.2, 0.25) is 5.91 Å². The molecule has 0 unspecified atom stereocenters. The fourth-order valence-electron chi connectivity index (χ4n) is 2.16. The van der Waals surface area contributed by atoms with Crippen LogP contribution in [0.1, 0.15) is 25.3 Å². The number of amides is 1. The summed E-state index contributed by atoms with van der Waals surface area (Å²) in [6, 6.07) is 11.7. The van der Waals surface area contributed by atoms with Crippen LogP contribution in [0.3, 0.4) is 0 Å². The zero-order valence-electron chi connectivity index (χ0n) is 14.0. The topological polar surface area (TPSA) is 47.6 Å². The standard InChI is InChI=1S/C19H22FNO3/c1-3-23-16-8-10-17(11-9-16)24-12-4-5-19(22)21-18-13-15(20)7-6-14(18)2/h6-11,13H,3-5,12H2,1-2H3,(H,21,22). The molecule has 0 heterocycles. The molecule has 0 bridgehead atoms. The van der Waals surface area contributed by atoms with Gasteiger partial charge in [-0.15, -0.1) is 0 Å². The molecule has 128 valence electrons. The molecule has 0 aliphatic rings. The fraction of sp³-hybridized carbons (Fsp3) is 0.316. The van der Waals surface area contributed by atoms with E-state index in [4.69, 9.17) is 9.47 Å². The van der Waals surface area contributed by atoms with Crippen LogP contribution in [0.4, 0.5) is 10.1 Å². The first kappa shape index (κ1) is 17.8. The third kappa shape index (κ3) is 5.57. The molecule has 0 fully saturated rings. The van der Waals surface area contributed by atoms with Gasteiger partial charge < -0.3 is 14.8 Å². The number of nitrogens with one attached hydrogen (secondary N) is 1. The summed E-state index contributed by atoms with van der Waals surface area (Å²) >= 11 is 0. The van der Waals surface area contributed by atoms with Gasteiger partial charge in [-0.25, -0.2) is 4.39 Å². The Bertz CT molecular complexity index is 671. The number of benzene rings is 2. The predicted octanol–water partition coefficient (Wildman–Crippen LogP) is 4.33. The van der Waals surface area contributed by atoms with Gasteiger partial charge in [-0.3, -0.25) is 4.79 Å². The van der Waals surface area contributed by atoms with Crippen molar-refractivity contribution in [2.75, 3.05) is 18.5 Å². The van der Waals surface area contributed by atoms with E-state index in [2.05, 4.69) is 5.32 Å². The van der Waals surface area contributed by atoms with Crippen LogP contribution in [0.15, 0.2) is 42.5 Å². The first-order valence-electron chi connectivity index (χ1n) is 8.00. The van der Waals surface area contributed by atoms with Gasteiger partial charge in [-0.1, -0.05) is 6.07 Å². The Balaban J connectivity index is 1.71. The van der Waals surface area contributed by atoms with E-state index < -0.39 is 0 Å². The van der Waals surface area contributed by atoms with E-state index in [1.54, 1.807) is 6.07 Å². The lowest BCUT2D eigenvalue weighted by Gasteiger charge is -2.09. The van der Waals surface area contributed by atoms with E-state index in [1.807, 2.05) is 38.1 Å². The molecule has 2 aromatic carbocycles. The number of anilines is 1. The van der Waals surface area contributed by atoms with Crippen molar-refractivity contribution in [1.29, 1.82) is 0 Å². The van der Waals surface area contributed by atoms with Crippen molar-refractivity contribution >= 4 is 11.6 Å². The van der Waals surface area contributed by atoms with Crippen LogP contribution in [-0.2, 0) is 4.79 Å². The minimum Gasteiger partial charge on any atom is -0.494 e. The quantitative estimate of drug-likeness (QED) is 0.732. The third-order valence-electron chi connectivity index (χ3n) is 3.43. The van der Waals surface area contributed by atoms with Crippen LogP contribution in [0.25, 0.3) is 0 Å². The van der Waals surface area contributed by atoms with E-state index in [0.717, 1.165) is 17.1 Å². The maximum Gasteiger partial charge on any atom is 0.224 e. The van der Waals surface area contributed by atoms with Gasteiger partial charge in [0.1, 0.15) is 17.3 Å². The van der Waals surface area contributed by atoms with Gasteiger partial charge >= 0.3 is 0 Å². The summed E-state index contributed by atoms with van der Waals surface area (Å²) in [5, 5.41) is 2.72. The summed E-state index contributed by atoms with van der Waals surface area (Å²) in [5.74, 6) is 1.02. The molecule has 0 aliphatic carbocycles. The third-order valence-corrected chi connectivity index (χ3v) is 3.43. The minimum atomic E-state index is -0.366. The van der Waals surface area contributed by atoms with Gasteiger partial charge in [0, 0.05) is 12.1 Å². The van der Waals surface area contributed by atoms with E-state index in [1.165, 1.54) is 12.1 Å². The molecule has 0 aromatic heterocycles. The van der Waals surface area contributed by atoms with Gasteiger partial charge in [0.15, 0.2) is 0 Å². The highest BCUT2D eigenvalue weighted by atomic mass is 19.1. The minimum absolute atomic E-state index is 0.154. The van der Waals surface area contributed by atoms with Crippen LogP contribution in [0.5, 0.6) is 11.5 Å². The van der Waals surface area contributed by atoms with E-state index >= 15 is 0 Å². The Morgan fingerprint density at radius 1 is 1.08 bits per heavy atom. The summed E-state index contributed by atoms with van der Waals surface area (Å²) in [6.07, 6.45) is 0.889. The molecule has 0 radical (unpaired) electrons. The van der Waals surface area contributed by atoms with E-state index in [9.17, 15) is 9.18 Å². The van der Waals surface area contributed by atoms with E-state index in [-0.39, 0.29) is 11.7 Å². The number of hydrogen-bond donors (Lipinski definition) is 1. The van der Waals surface area contributed by atoms with Crippen LogP contribution in [0, 0.1) is 12.7 Å². The molecule has 2 rings (SSSR count). The Labute approximate surface area is 141 Å². The van der Waals surface area contributed by atoms with E-state index in [0.29, 0.717) is 31.7 Å². The van der Waals surface area contributed by atoms with Gasteiger partial charge in [0.25, 0.3) is 0 Å². The smallest absolute Gasteiger partial charge is 0.224 e. The zero-order valence-corrected chi connectivity index (χ0v) is 14.0. The van der Waals surface area contributed by atoms with Crippen LogP contribution >= 0.6 is 0 Å². The molecular weight excluding hydrogens is 309 g/mol. The molecule has 0 saturated heterocycles. The van der Waals surface area contributed by atoms with Gasteiger partial charge in [-0.05, 0) is 62.2 Å². The number of carbonyl (C=O) groups is 1. The van der Waals surface area contributed by atoms with Crippen molar-refractivity contribution in [3.63, 3.8) is 0 Å². The monoisotopic (exact) mass is 331 g/mol. The average molecular weight is 331 g/mol. The summed E-state index contributed by atoms with van der Waals surface area (Å²) in [4.78, 5) is 11.9. The average Bonchev–Trinajstić information content (AvgIpc) is 2.57. The molecule has 1 amide bonds. The summed E-state index contributed by atoms with van der Waals surface area (Å²) in [5.41, 5.74) is 1.34.